The highest BCUT2D eigenvalue weighted by Gasteiger charge is 2.22. The topological polar surface area (TPSA) is 47.3 Å². The molecule has 0 saturated heterocycles. The summed E-state index contributed by atoms with van der Waals surface area (Å²) in [6.07, 6.45) is 5.29. The summed E-state index contributed by atoms with van der Waals surface area (Å²) in [6.45, 7) is 6.94. The molecule has 0 amide bonds. The van der Waals surface area contributed by atoms with Gasteiger partial charge in [0.2, 0.25) is 0 Å². The van der Waals surface area contributed by atoms with Gasteiger partial charge in [-0.2, -0.15) is 0 Å². The molecule has 0 spiro atoms. The van der Waals surface area contributed by atoms with Crippen LogP contribution in [0.25, 0.3) is 0 Å². The molecule has 0 radical (unpaired) electrons. The molecule has 0 aromatic carbocycles. The summed E-state index contributed by atoms with van der Waals surface area (Å²) in [5.74, 6) is 6.37. The van der Waals surface area contributed by atoms with Crippen molar-refractivity contribution >= 4 is 0 Å². The lowest BCUT2D eigenvalue weighted by molar-refractivity contribution is -0.0188. The van der Waals surface area contributed by atoms with Crippen molar-refractivity contribution in [1.82, 2.24) is 5.43 Å². The minimum absolute atomic E-state index is 0.0608. The Morgan fingerprint density at radius 1 is 1.43 bits per heavy atom. The quantitative estimate of drug-likeness (QED) is 0.526. The van der Waals surface area contributed by atoms with Crippen molar-refractivity contribution in [3.05, 3.63) is 0 Å². The van der Waals surface area contributed by atoms with Gasteiger partial charge in [-0.3, -0.25) is 11.3 Å². The van der Waals surface area contributed by atoms with Gasteiger partial charge < -0.3 is 4.74 Å². The van der Waals surface area contributed by atoms with Crippen molar-refractivity contribution < 1.29 is 4.74 Å². The minimum atomic E-state index is -0.0608. The largest absolute Gasteiger partial charge is 0.374 e. The van der Waals surface area contributed by atoms with E-state index in [4.69, 9.17) is 10.6 Å². The van der Waals surface area contributed by atoms with Crippen molar-refractivity contribution in [2.45, 2.75) is 58.1 Å². The predicted octanol–water partition coefficient (Wildman–Crippen LogP) is 1.82. The van der Waals surface area contributed by atoms with Crippen LogP contribution in [0.4, 0.5) is 0 Å². The summed E-state index contributed by atoms with van der Waals surface area (Å²) < 4.78 is 5.71. The molecule has 1 unspecified atom stereocenters. The van der Waals surface area contributed by atoms with Crippen molar-refractivity contribution in [2.24, 2.45) is 11.8 Å². The fourth-order valence-corrected chi connectivity index (χ4v) is 1.67. The van der Waals surface area contributed by atoms with E-state index in [1.165, 1.54) is 19.3 Å². The van der Waals surface area contributed by atoms with Crippen LogP contribution in [0.2, 0.25) is 0 Å². The molecule has 0 aromatic heterocycles. The maximum Gasteiger partial charge on any atom is 0.0640 e. The molecule has 1 fully saturated rings. The molecule has 0 heterocycles. The van der Waals surface area contributed by atoms with Gasteiger partial charge in [0.05, 0.1) is 12.2 Å². The minimum Gasteiger partial charge on any atom is -0.374 e. The number of hydrogen-bond acceptors (Lipinski definition) is 3. The van der Waals surface area contributed by atoms with Crippen LogP contribution in [0.5, 0.6) is 0 Å². The van der Waals surface area contributed by atoms with E-state index in [2.05, 4.69) is 26.2 Å². The summed E-state index contributed by atoms with van der Waals surface area (Å²) >= 11 is 0. The summed E-state index contributed by atoms with van der Waals surface area (Å²) in [7, 11) is 0. The first-order chi connectivity index (χ1) is 6.51. The Morgan fingerprint density at radius 2 is 2.07 bits per heavy atom. The van der Waals surface area contributed by atoms with Gasteiger partial charge in [0.1, 0.15) is 0 Å². The average Bonchev–Trinajstić information content (AvgIpc) is 2.00. The van der Waals surface area contributed by atoms with Crippen LogP contribution in [-0.4, -0.2) is 18.2 Å². The molecule has 0 aromatic rings. The Kier molecular flexibility index (Phi) is 4.35. The second-order valence-corrected chi connectivity index (χ2v) is 5.32. The zero-order chi connectivity index (χ0) is 10.6. The molecule has 3 heteroatoms. The highest BCUT2D eigenvalue weighted by molar-refractivity contribution is 4.76. The molecule has 1 aliphatic carbocycles. The van der Waals surface area contributed by atoms with Crippen molar-refractivity contribution in [1.29, 1.82) is 0 Å². The van der Waals surface area contributed by atoms with Gasteiger partial charge >= 0.3 is 0 Å². The van der Waals surface area contributed by atoms with Gasteiger partial charge in [0.25, 0.3) is 0 Å². The lowest BCUT2D eigenvalue weighted by atomic mass is 9.81. The number of ether oxygens (including phenoxy) is 1. The molecule has 3 nitrogen and oxygen atoms in total. The highest BCUT2D eigenvalue weighted by atomic mass is 16.5. The molecule has 3 N–H and O–H groups in total. The summed E-state index contributed by atoms with van der Waals surface area (Å²) in [6, 6.07) is 0.319. The van der Waals surface area contributed by atoms with E-state index in [1.807, 2.05) is 0 Å². The van der Waals surface area contributed by atoms with Crippen molar-refractivity contribution in [2.75, 3.05) is 6.61 Å². The number of nitrogens with two attached hydrogens (primary N) is 1. The molecule has 0 bridgehead atoms. The van der Waals surface area contributed by atoms with Gasteiger partial charge in [-0.1, -0.05) is 19.3 Å². The van der Waals surface area contributed by atoms with Crippen LogP contribution in [-0.2, 0) is 4.74 Å². The number of nitrogens with one attached hydrogen (secondary N) is 1. The van der Waals surface area contributed by atoms with E-state index in [1.54, 1.807) is 0 Å². The van der Waals surface area contributed by atoms with Crippen LogP contribution < -0.4 is 11.3 Å². The molecule has 1 saturated carbocycles. The highest BCUT2D eigenvalue weighted by Crippen LogP contribution is 2.30. The number of rotatable bonds is 5. The van der Waals surface area contributed by atoms with E-state index in [0.717, 1.165) is 18.9 Å². The molecule has 84 valence electrons. The first-order valence-corrected chi connectivity index (χ1v) is 5.61. The third-order valence-electron chi connectivity index (χ3n) is 2.80. The first kappa shape index (κ1) is 12.0. The third-order valence-corrected chi connectivity index (χ3v) is 2.80. The third kappa shape index (κ3) is 4.40. The Balaban J connectivity index is 2.17. The summed E-state index contributed by atoms with van der Waals surface area (Å²) in [5.41, 5.74) is 2.79. The van der Waals surface area contributed by atoms with Crippen molar-refractivity contribution in [3.63, 3.8) is 0 Å². The Hall–Kier alpha value is -0.120. The monoisotopic (exact) mass is 200 g/mol. The first-order valence-electron chi connectivity index (χ1n) is 5.61. The second kappa shape index (κ2) is 5.10. The van der Waals surface area contributed by atoms with Crippen LogP contribution >= 0.6 is 0 Å². The maximum absolute atomic E-state index is 5.71. The molecular weight excluding hydrogens is 176 g/mol. The van der Waals surface area contributed by atoms with Crippen LogP contribution in [0.15, 0.2) is 0 Å². The number of hydrogen-bond donors (Lipinski definition) is 2. The zero-order valence-electron chi connectivity index (χ0n) is 9.68. The standard InChI is InChI=1S/C11H24N2O/c1-11(2,3)14-8-10(13-12)7-9-5-4-6-9/h9-10,13H,4-8,12H2,1-3H3. The van der Waals surface area contributed by atoms with Gasteiger partial charge in [-0.25, -0.2) is 0 Å². The molecule has 1 atom stereocenters. The van der Waals surface area contributed by atoms with Crippen LogP contribution in [0.1, 0.15) is 46.5 Å². The van der Waals surface area contributed by atoms with E-state index < -0.39 is 0 Å². The molecule has 1 aliphatic rings. The van der Waals surface area contributed by atoms with Crippen LogP contribution in [0, 0.1) is 5.92 Å². The van der Waals surface area contributed by atoms with Gasteiger partial charge in [-0.15, -0.1) is 0 Å². The molecule has 0 aliphatic heterocycles. The number of hydrazine groups is 1. The Morgan fingerprint density at radius 3 is 2.43 bits per heavy atom. The Bertz CT molecular complexity index is 161. The van der Waals surface area contributed by atoms with Gasteiger partial charge in [-0.05, 0) is 33.1 Å². The predicted molar refractivity (Wildman–Crippen MR) is 58.8 cm³/mol. The van der Waals surface area contributed by atoms with E-state index >= 15 is 0 Å². The fraction of sp³-hybridized carbons (Fsp3) is 1.00. The smallest absolute Gasteiger partial charge is 0.0640 e. The zero-order valence-corrected chi connectivity index (χ0v) is 9.68. The summed E-state index contributed by atoms with van der Waals surface area (Å²) in [5, 5.41) is 0. The second-order valence-electron chi connectivity index (χ2n) is 5.32. The molecular formula is C11H24N2O. The molecule has 1 rings (SSSR count). The van der Waals surface area contributed by atoms with Crippen molar-refractivity contribution in [3.8, 4) is 0 Å². The molecule has 14 heavy (non-hydrogen) atoms. The van der Waals surface area contributed by atoms with Crippen LogP contribution in [0.3, 0.4) is 0 Å². The van der Waals surface area contributed by atoms with E-state index in [0.29, 0.717) is 6.04 Å². The lowest BCUT2D eigenvalue weighted by Crippen LogP contribution is -2.42. The fourth-order valence-electron chi connectivity index (χ4n) is 1.67. The van der Waals surface area contributed by atoms with E-state index in [-0.39, 0.29) is 5.60 Å². The van der Waals surface area contributed by atoms with E-state index in [9.17, 15) is 0 Å². The SMILES string of the molecule is CC(C)(C)OCC(CC1CCC1)NN. The summed E-state index contributed by atoms with van der Waals surface area (Å²) in [4.78, 5) is 0. The average molecular weight is 200 g/mol. The normalized spacial score (nSPS) is 20.6. The lowest BCUT2D eigenvalue weighted by Gasteiger charge is -2.31. The maximum atomic E-state index is 5.71. The Labute approximate surface area is 87.4 Å². The van der Waals surface area contributed by atoms with Gasteiger partial charge in [0, 0.05) is 6.04 Å². The van der Waals surface area contributed by atoms with Gasteiger partial charge in [0.15, 0.2) is 0 Å².